The monoisotopic (exact) mass is 617 g/mol. The molecule has 0 N–H and O–H groups in total. The molecule has 0 bridgehead atoms. The van der Waals surface area contributed by atoms with E-state index in [-0.39, 0.29) is 5.41 Å². The molecule has 48 heavy (non-hydrogen) atoms. The van der Waals surface area contributed by atoms with Crippen LogP contribution in [0, 0.1) is 0 Å². The zero-order chi connectivity index (χ0) is 31.4. The Morgan fingerprint density at radius 2 is 1.29 bits per heavy atom. The molecule has 0 atom stereocenters. The van der Waals surface area contributed by atoms with E-state index in [1.807, 2.05) is 18.2 Å². The summed E-state index contributed by atoms with van der Waals surface area (Å²) in [6.07, 6.45) is 6.03. The van der Waals surface area contributed by atoms with Gasteiger partial charge in [0.25, 0.3) is 0 Å². The number of hydrogen-bond donors (Lipinski definition) is 0. The highest BCUT2D eigenvalue weighted by molar-refractivity contribution is 6.27. The highest BCUT2D eigenvalue weighted by atomic mass is 16.3. The Morgan fingerprint density at radius 3 is 2.15 bits per heavy atom. The summed E-state index contributed by atoms with van der Waals surface area (Å²) in [5, 5.41) is 6.14. The number of rotatable bonds is 2. The third-order valence-electron chi connectivity index (χ3n) is 11.2. The van der Waals surface area contributed by atoms with E-state index < -0.39 is 0 Å². The molecular formula is C44H31N3O. The second-order valence-electron chi connectivity index (χ2n) is 13.6. The Morgan fingerprint density at radius 1 is 0.604 bits per heavy atom. The van der Waals surface area contributed by atoms with Crippen molar-refractivity contribution in [2.45, 2.75) is 37.5 Å². The molecule has 0 amide bonds. The molecule has 4 heteroatoms. The second kappa shape index (κ2) is 9.65. The van der Waals surface area contributed by atoms with E-state index in [1.54, 1.807) is 0 Å². The molecule has 4 nitrogen and oxygen atoms in total. The summed E-state index contributed by atoms with van der Waals surface area (Å²) >= 11 is 0. The van der Waals surface area contributed by atoms with E-state index in [2.05, 4.69) is 114 Å². The highest BCUT2D eigenvalue weighted by Crippen LogP contribution is 2.60. The molecule has 11 rings (SSSR count). The SMILES string of the molecule is c1ccc(-c2nc(-n3c4ccccc4c4c5ccccc5c5c(c43)C3(CCCCC3)c3ccccc3-5)nc3c2oc2ccccc23)cc1. The minimum Gasteiger partial charge on any atom is -0.452 e. The van der Waals surface area contributed by atoms with Crippen LogP contribution < -0.4 is 0 Å². The zero-order valence-electron chi connectivity index (χ0n) is 26.4. The second-order valence-corrected chi connectivity index (χ2v) is 13.6. The summed E-state index contributed by atoms with van der Waals surface area (Å²) in [6, 6.07) is 45.7. The first-order valence-corrected chi connectivity index (χ1v) is 17.2. The fourth-order valence-corrected chi connectivity index (χ4v) is 9.27. The van der Waals surface area contributed by atoms with Crippen molar-refractivity contribution >= 4 is 54.6 Å². The first-order valence-electron chi connectivity index (χ1n) is 17.2. The van der Waals surface area contributed by atoms with Gasteiger partial charge in [0.2, 0.25) is 5.95 Å². The van der Waals surface area contributed by atoms with Gasteiger partial charge in [0.1, 0.15) is 16.8 Å². The van der Waals surface area contributed by atoms with Gasteiger partial charge in [-0.15, -0.1) is 0 Å². The quantitative estimate of drug-likeness (QED) is 0.194. The number of nitrogens with zero attached hydrogens (tertiary/aromatic N) is 3. The largest absolute Gasteiger partial charge is 0.452 e. The van der Waals surface area contributed by atoms with Gasteiger partial charge in [0.05, 0.1) is 11.0 Å². The van der Waals surface area contributed by atoms with E-state index in [1.165, 1.54) is 68.6 Å². The van der Waals surface area contributed by atoms with Gasteiger partial charge in [-0.3, -0.25) is 4.57 Å². The van der Waals surface area contributed by atoms with Crippen molar-refractivity contribution in [3.8, 4) is 28.3 Å². The molecule has 2 aliphatic carbocycles. The molecule has 6 aromatic carbocycles. The first kappa shape index (κ1) is 26.3. The molecular weight excluding hydrogens is 587 g/mol. The molecule has 1 spiro atoms. The molecule has 0 radical (unpaired) electrons. The van der Waals surface area contributed by atoms with Crippen LogP contribution in [0.15, 0.2) is 132 Å². The lowest BCUT2D eigenvalue weighted by molar-refractivity contribution is 0.354. The van der Waals surface area contributed by atoms with Crippen LogP contribution in [0.25, 0.3) is 83.0 Å². The van der Waals surface area contributed by atoms with Crippen LogP contribution >= 0.6 is 0 Å². The van der Waals surface area contributed by atoms with E-state index in [0.717, 1.165) is 51.7 Å². The average molecular weight is 618 g/mol. The summed E-state index contributed by atoms with van der Waals surface area (Å²) in [7, 11) is 0. The van der Waals surface area contributed by atoms with Crippen molar-refractivity contribution in [3.05, 3.63) is 139 Å². The minimum absolute atomic E-state index is 0.0622. The van der Waals surface area contributed by atoms with Gasteiger partial charge in [0, 0.05) is 27.1 Å². The number of benzene rings is 6. The number of para-hydroxylation sites is 2. The third kappa shape index (κ3) is 3.34. The van der Waals surface area contributed by atoms with E-state index in [0.29, 0.717) is 5.95 Å². The van der Waals surface area contributed by atoms with Gasteiger partial charge in [-0.05, 0) is 64.1 Å². The van der Waals surface area contributed by atoms with E-state index in [4.69, 9.17) is 14.4 Å². The maximum absolute atomic E-state index is 6.52. The van der Waals surface area contributed by atoms with Gasteiger partial charge in [-0.1, -0.05) is 128 Å². The van der Waals surface area contributed by atoms with Gasteiger partial charge in [-0.2, -0.15) is 0 Å². The molecule has 228 valence electrons. The number of furan rings is 1. The predicted octanol–water partition coefficient (Wildman–Crippen LogP) is 11.5. The standard InChI is InChI=1S/C44H31N3O/c1-3-15-27(16-4-1)39-42-40(32-21-9-12-24-35(32)48-42)46-43(45-39)47-34-23-11-8-20-31(34)37-29-18-6-5-17-28(29)36-30-19-7-10-22-33(30)44(38(36)41(37)47)25-13-2-14-26-44/h1,3-12,15-24H,2,13-14,25-26H2. The van der Waals surface area contributed by atoms with E-state index in [9.17, 15) is 0 Å². The molecule has 3 heterocycles. The molecule has 2 aliphatic rings. The van der Waals surface area contributed by atoms with Crippen LogP contribution in [0.4, 0.5) is 0 Å². The van der Waals surface area contributed by atoms with Crippen molar-refractivity contribution in [2.75, 3.05) is 0 Å². The molecule has 0 aliphatic heterocycles. The summed E-state index contributed by atoms with van der Waals surface area (Å²) < 4.78 is 8.91. The first-order chi connectivity index (χ1) is 23.8. The summed E-state index contributed by atoms with van der Waals surface area (Å²) in [6.45, 7) is 0. The zero-order valence-corrected chi connectivity index (χ0v) is 26.4. The Hall–Kier alpha value is -5.74. The summed E-state index contributed by atoms with van der Waals surface area (Å²) in [5.41, 5.74) is 12.2. The number of hydrogen-bond acceptors (Lipinski definition) is 3. The highest BCUT2D eigenvalue weighted by Gasteiger charge is 2.47. The van der Waals surface area contributed by atoms with Crippen molar-refractivity contribution in [1.29, 1.82) is 0 Å². The Bertz CT molecular complexity index is 2760. The fourth-order valence-electron chi connectivity index (χ4n) is 9.27. The maximum atomic E-state index is 6.52. The lowest BCUT2D eigenvalue weighted by atomic mass is 9.67. The molecule has 3 aromatic heterocycles. The number of aromatic nitrogens is 3. The maximum Gasteiger partial charge on any atom is 0.236 e. The van der Waals surface area contributed by atoms with Crippen LogP contribution in [0.3, 0.4) is 0 Å². The summed E-state index contributed by atoms with van der Waals surface area (Å²) in [4.78, 5) is 10.9. The Balaban J connectivity index is 1.38. The Kier molecular flexibility index (Phi) is 5.29. The molecule has 9 aromatic rings. The molecule has 0 saturated heterocycles. The van der Waals surface area contributed by atoms with Crippen LogP contribution in [-0.4, -0.2) is 14.5 Å². The third-order valence-corrected chi connectivity index (χ3v) is 11.2. The van der Waals surface area contributed by atoms with Crippen molar-refractivity contribution in [1.82, 2.24) is 14.5 Å². The van der Waals surface area contributed by atoms with Crippen molar-refractivity contribution < 1.29 is 4.42 Å². The molecule has 1 saturated carbocycles. The molecule has 1 fully saturated rings. The lowest BCUT2D eigenvalue weighted by Gasteiger charge is -2.36. The van der Waals surface area contributed by atoms with Gasteiger partial charge in [-0.25, -0.2) is 9.97 Å². The normalized spacial score (nSPS) is 15.2. The smallest absolute Gasteiger partial charge is 0.236 e. The van der Waals surface area contributed by atoms with Gasteiger partial charge in [0.15, 0.2) is 5.58 Å². The minimum atomic E-state index is -0.0622. The fraction of sp³-hybridized carbons (Fsp3) is 0.136. The van der Waals surface area contributed by atoms with Crippen molar-refractivity contribution in [2.24, 2.45) is 0 Å². The van der Waals surface area contributed by atoms with Crippen LogP contribution in [0.2, 0.25) is 0 Å². The topological polar surface area (TPSA) is 43.9 Å². The van der Waals surface area contributed by atoms with Crippen molar-refractivity contribution in [3.63, 3.8) is 0 Å². The van der Waals surface area contributed by atoms with Gasteiger partial charge < -0.3 is 4.42 Å². The van der Waals surface area contributed by atoms with Crippen LogP contribution in [0.5, 0.6) is 0 Å². The summed E-state index contributed by atoms with van der Waals surface area (Å²) in [5.74, 6) is 0.679. The van der Waals surface area contributed by atoms with E-state index >= 15 is 0 Å². The number of fused-ring (bicyclic) bond motifs is 15. The Labute approximate surface area is 277 Å². The lowest BCUT2D eigenvalue weighted by Crippen LogP contribution is -2.28. The van der Waals surface area contributed by atoms with Gasteiger partial charge >= 0.3 is 0 Å². The molecule has 0 unspecified atom stereocenters. The van der Waals surface area contributed by atoms with Crippen LogP contribution in [-0.2, 0) is 5.41 Å². The van der Waals surface area contributed by atoms with Crippen LogP contribution in [0.1, 0.15) is 43.2 Å². The average Bonchev–Trinajstić information content (AvgIpc) is 3.79. The predicted molar refractivity (Wildman–Crippen MR) is 196 cm³/mol.